The van der Waals surface area contributed by atoms with Crippen LogP contribution in [0.3, 0.4) is 0 Å². The molecule has 0 aliphatic carbocycles. The Kier molecular flexibility index (Phi) is 4.43. The van der Waals surface area contributed by atoms with E-state index in [0.29, 0.717) is 0 Å². The van der Waals surface area contributed by atoms with Crippen LogP contribution in [0.5, 0.6) is 5.75 Å². The zero-order chi connectivity index (χ0) is 15.5. The van der Waals surface area contributed by atoms with Crippen LogP contribution in [0.2, 0.25) is 0 Å². The zero-order valence-corrected chi connectivity index (χ0v) is 11.6. The molecule has 9 heteroatoms. The predicted molar refractivity (Wildman–Crippen MR) is 69.3 cm³/mol. The Hall–Kier alpha value is -2.13. The highest BCUT2D eigenvalue weighted by Crippen LogP contribution is 2.17. The number of hydrogen-bond acceptors (Lipinski definition) is 6. The van der Waals surface area contributed by atoms with Crippen LogP contribution in [-0.4, -0.2) is 44.7 Å². The van der Waals surface area contributed by atoms with Crippen molar-refractivity contribution in [3.8, 4) is 5.75 Å². The number of esters is 1. The molecule has 1 aliphatic rings. The molecule has 1 aromatic carbocycles. The van der Waals surface area contributed by atoms with Gasteiger partial charge in [0, 0.05) is 6.42 Å². The van der Waals surface area contributed by atoms with Crippen molar-refractivity contribution in [2.24, 2.45) is 0 Å². The van der Waals surface area contributed by atoms with Crippen LogP contribution in [0.15, 0.2) is 29.2 Å². The molecule has 2 N–H and O–H groups in total. The van der Waals surface area contributed by atoms with Gasteiger partial charge in [0.05, 0.1) is 11.5 Å². The molecule has 0 spiro atoms. The summed E-state index contributed by atoms with van der Waals surface area (Å²) in [7, 11) is -3.85. The van der Waals surface area contributed by atoms with Crippen LogP contribution in [0.4, 0.5) is 0 Å². The zero-order valence-electron chi connectivity index (χ0n) is 10.8. The van der Waals surface area contributed by atoms with Gasteiger partial charge in [-0.05, 0) is 24.3 Å². The van der Waals surface area contributed by atoms with Gasteiger partial charge in [0.15, 0.2) is 6.61 Å². The summed E-state index contributed by atoms with van der Waals surface area (Å²) in [5.41, 5.74) is 0. The smallest absolute Gasteiger partial charge is 0.341 e. The average Bonchev–Trinajstić information content (AvgIpc) is 2.82. The third-order valence-electron chi connectivity index (χ3n) is 2.73. The Bertz CT molecular complexity index is 638. The topological polar surface area (TPSA) is 119 Å². The molecule has 0 radical (unpaired) electrons. The van der Waals surface area contributed by atoms with Gasteiger partial charge in [-0.15, -0.1) is 0 Å². The van der Waals surface area contributed by atoms with E-state index in [1.165, 1.54) is 24.3 Å². The van der Waals surface area contributed by atoms with E-state index in [9.17, 15) is 18.0 Å². The van der Waals surface area contributed by atoms with E-state index in [-0.39, 0.29) is 23.7 Å². The number of carboxylic acids is 1. The second-order valence-corrected chi connectivity index (χ2v) is 6.00. The maximum Gasteiger partial charge on any atom is 0.341 e. The Balaban J connectivity index is 2.06. The molecule has 1 aromatic rings. The van der Waals surface area contributed by atoms with Crippen LogP contribution in [0, 0.1) is 0 Å². The first kappa shape index (κ1) is 15.3. The first-order chi connectivity index (χ1) is 9.88. The molecular formula is C12H13NO7S. The number of carboxylic acid groups (broad SMARTS) is 1. The fraction of sp³-hybridized carbons (Fsp3) is 0.333. The Morgan fingerprint density at radius 1 is 1.38 bits per heavy atom. The lowest BCUT2D eigenvalue weighted by molar-refractivity contribution is -0.140. The van der Waals surface area contributed by atoms with Gasteiger partial charge in [-0.2, -0.15) is 4.72 Å². The number of nitrogens with one attached hydrogen (secondary N) is 1. The van der Waals surface area contributed by atoms with Crippen molar-refractivity contribution in [3.05, 3.63) is 24.3 Å². The number of benzene rings is 1. The molecule has 0 bridgehead atoms. The summed E-state index contributed by atoms with van der Waals surface area (Å²) in [5.74, 6) is -1.50. The van der Waals surface area contributed by atoms with Crippen LogP contribution in [-0.2, 0) is 24.3 Å². The summed E-state index contributed by atoms with van der Waals surface area (Å²) in [5, 5.41) is 8.47. The predicted octanol–water partition coefficient (Wildman–Crippen LogP) is -0.256. The molecule has 0 saturated carbocycles. The van der Waals surface area contributed by atoms with Crippen molar-refractivity contribution in [2.75, 3.05) is 13.2 Å². The summed E-state index contributed by atoms with van der Waals surface area (Å²) >= 11 is 0. The van der Waals surface area contributed by atoms with Crippen molar-refractivity contribution in [1.82, 2.24) is 4.72 Å². The standard InChI is InChI=1S/C12H13NO7S/c14-11(15)7-20-8-1-3-9(4-2-8)21(17,18)13-10-5-6-19-12(10)16/h1-4,10,13H,5-7H2,(H,14,15). The fourth-order valence-electron chi connectivity index (χ4n) is 1.72. The average molecular weight is 315 g/mol. The van der Waals surface area contributed by atoms with E-state index in [2.05, 4.69) is 9.46 Å². The highest BCUT2D eigenvalue weighted by atomic mass is 32.2. The highest BCUT2D eigenvalue weighted by molar-refractivity contribution is 7.89. The monoisotopic (exact) mass is 315 g/mol. The molecule has 2 rings (SSSR count). The van der Waals surface area contributed by atoms with E-state index in [0.717, 1.165) is 0 Å². The molecule has 8 nitrogen and oxygen atoms in total. The Morgan fingerprint density at radius 2 is 2.05 bits per heavy atom. The lowest BCUT2D eigenvalue weighted by Crippen LogP contribution is -2.37. The van der Waals surface area contributed by atoms with Crippen LogP contribution in [0.1, 0.15) is 6.42 Å². The minimum atomic E-state index is -3.85. The first-order valence-corrected chi connectivity index (χ1v) is 7.50. The molecule has 1 aliphatic heterocycles. The number of carbonyl (C=O) groups excluding carboxylic acids is 1. The molecule has 0 aromatic heterocycles. The third kappa shape index (κ3) is 3.92. The van der Waals surface area contributed by atoms with Crippen molar-refractivity contribution < 1.29 is 32.6 Å². The molecule has 1 unspecified atom stereocenters. The number of hydrogen-bond donors (Lipinski definition) is 2. The van der Waals surface area contributed by atoms with Crippen molar-refractivity contribution in [2.45, 2.75) is 17.4 Å². The summed E-state index contributed by atoms with van der Waals surface area (Å²) in [4.78, 5) is 21.6. The normalized spacial score (nSPS) is 18.3. The molecule has 0 amide bonds. The van der Waals surface area contributed by atoms with Gasteiger partial charge in [0.2, 0.25) is 10.0 Å². The van der Waals surface area contributed by atoms with E-state index in [4.69, 9.17) is 9.84 Å². The third-order valence-corrected chi connectivity index (χ3v) is 4.22. The van der Waals surface area contributed by atoms with E-state index < -0.39 is 34.6 Å². The van der Waals surface area contributed by atoms with Gasteiger partial charge in [-0.25, -0.2) is 13.2 Å². The van der Waals surface area contributed by atoms with Gasteiger partial charge in [-0.3, -0.25) is 4.79 Å². The van der Waals surface area contributed by atoms with Crippen molar-refractivity contribution in [1.29, 1.82) is 0 Å². The lowest BCUT2D eigenvalue weighted by atomic mass is 10.3. The van der Waals surface area contributed by atoms with Crippen molar-refractivity contribution >= 4 is 22.0 Å². The first-order valence-electron chi connectivity index (χ1n) is 6.02. The van der Waals surface area contributed by atoms with Gasteiger partial charge in [0.1, 0.15) is 11.8 Å². The Labute approximate surface area is 120 Å². The summed E-state index contributed by atoms with van der Waals surface area (Å²) in [6, 6.07) is 4.33. The van der Waals surface area contributed by atoms with Gasteiger partial charge in [0.25, 0.3) is 0 Å². The number of ether oxygens (including phenoxy) is 2. The van der Waals surface area contributed by atoms with E-state index in [1.807, 2.05) is 0 Å². The summed E-state index contributed by atoms with van der Waals surface area (Å²) in [6.45, 7) is -0.327. The van der Waals surface area contributed by atoms with Crippen molar-refractivity contribution in [3.63, 3.8) is 0 Å². The highest BCUT2D eigenvalue weighted by Gasteiger charge is 2.31. The summed E-state index contributed by atoms with van der Waals surface area (Å²) in [6.07, 6.45) is 0.290. The number of cyclic esters (lactones) is 1. The molecule has 21 heavy (non-hydrogen) atoms. The molecule has 114 valence electrons. The number of aliphatic carboxylic acids is 1. The fourth-order valence-corrected chi connectivity index (χ4v) is 2.94. The molecular weight excluding hydrogens is 302 g/mol. The second-order valence-electron chi connectivity index (χ2n) is 4.28. The largest absolute Gasteiger partial charge is 0.482 e. The molecule has 1 fully saturated rings. The maximum atomic E-state index is 12.1. The SMILES string of the molecule is O=C(O)COc1ccc(S(=O)(=O)NC2CCOC2=O)cc1. The van der Waals surface area contributed by atoms with Crippen LogP contribution < -0.4 is 9.46 Å². The second kappa shape index (κ2) is 6.10. The molecule has 1 heterocycles. The van der Waals surface area contributed by atoms with Gasteiger partial charge >= 0.3 is 11.9 Å². The Morgan fingerprint density at radius 3 is 2.57 bits per heavy atom. The number of sulfonamides is 1. The minimum absolute atomic E-state index is 0.0510. The molecule has 1 atom stereocenters. The molecule has 1 saturated heterocycles. The summed E-state index contributed by atoms with van der Waals surface area (Å²) < 4.78 is 35.9. The maximum absolute atomic E-state index is 12.1. The van der Waals surface area contributed by atoms with Crippen LogP contribution >= 0.6 is 0 Å². The van der Waals surface area contributed by atoms with E-state index in [1.54, 1.807) is 0 Å². The van der Waals surface area contributed by atoms with Crippen LogP contribution in [0.25, 0.3) is 0 Å². The van der Waals surface area contributed by atoms with Gasteiger partial charge < -0.3 is 14.6 Å². The quantitative estimate of drug-likeness (QED) is 0.694. The minimum Gasteiger partial charge on any atom is -0.482 e. The number of carbonyl (C=O) groups is 2. The van der Waals surface area contributed by atoms with E-state index >= 15 is 0 Å². The number of rotatable bonds is 6. The lowest BCUT2D eigenvalue weighted by Gasteiger charge is -2.10. The van der Waals surface area contributed by atoms with Gasteiger partial charge in [-0.1, -0.05) is 0 Å².